The molecule has 0 aromatic carbocycles. The number of hydrogen-bond acceptors (Lipinski definition) is 6. The second-order valence-corrected chi connectivity index (χ2v) is 5.64. The molecule has 0 atom stereocenters. The van der Waals surface area contributed by atoms with Gasteiger partial charge in [0.25, 0.3) is 0 Å². The Hall–Kier alpha value is -1.56. The fraction of sp³-hybridized carbons (Fsp3) is 0.750. The van der Waals surface area contributed by atoms with E-state index in [4.69, 9.17) is 15.2 Å². The highest BCUT2D eigenvalue weighted by atomic mass is 16.5. The number of aryl methyl sites for hydroxylation is 1. The highest BCUT2D eigenvalue weighted by Gasteiger charge is 2.13. The molecule has 0 aliphatic rings. The van der Waals surface area contributed by atoms with Crippen molar-refractivity contribution in [3.05, 3.63) is 5.82 Å². The summed E-state index contributed by atoms with van der Waals surface area (Å²) >= 11 is 0. The molecule has 0 aliphatic heterocycles. The van der Waals surface area contributed by atoms with Crippen LogP contribution in [-0.4, -0.2) is 36.3 Å². The van der Waals surface area contributed by atoms with Crippen molar-refractivity contribution in [1.29, 1.82) is 0 Å². The summed E-state index contributed by atoms with van der Waals surface area (Å²) in [5.41, 5.74) is 6.62. The van der Waals surface area contributed by atoms with Crippen molar-refractivity contribution in [3.8, 4) is 5.88 Å². The lowest BCUT2D eigenvalue weighted by molar-refractivity contribution is 0.147. The molecule has 0 unspecified atom stereocenters. The number of aromatic nitrogens is 2. The third-order valence-electron chi connectivity index (χ3n) is 2.95. The van der Waals surface area contributed by atoms with Crippen molar-refractivity contribution in [2.24, 2.45) is 5.92 Å². The van der Waals surface area contributed by atoms with Crippen LogP contribution >= 0.6 is 0 Å². The molecule has 1 rings (SSSR count). The molecule has 0 bridgehead atoms. The van der Waals surface area contributed by atoms with Crippen LogP contribution < -0.4 is 15.8 Å². The van der Waals surface area contributed by atoms with Crippen LogP contribution in [0.4, 0.5) is 11.5 Å². The zero-order chi connectivity index (χ0) is 16.4. The van der Waals surface area contributed by atoms with Crippen LogP contribution in [0, 0.1) is 5.92 Å². The number of rotatable bonds is 11. The van der Waals surface area contributed by atoms with E-state index in [2.05, 4.69) is 36.1 Å². The number of nitrogens with zero attached hydrogens (tertiary/aromatic N) is 2. The Balaban J connectivity index is 2.75. The van der Waals surface area contributed by atoms with Gasteiger partial charge in [0.15, 0.2) is 5.82 Å². The van der Waals surface area contributed by atoms with Crippen molar-refractivity contribution in [2.75, 3.05) is 37.4 Å². The highest BCUT2D eigenvalue weighted by Crippen LogP contribution is 2.26. The molecule has 6 nitrogen and oxygen atoms in total. The number of anilines is 2. The Morgan fingerprint density at radius 2 is 2.00 bits per heavy atom. The van der Waals surface area contributed by atoms with Gasteiger partial charge in [-0.2, -0.15) is 4.98 Å². The maximum atomic E-state index is 6.13. The second-order valence-electron chi connectivity index (χ2n) is 5.64. The lowest BCUT2D eigenvalue weighted by Crippen LogP contribution is -2.14. The van der Waals surface area contributed by atoms with Gasteiger partial charge in [0.2, 0.25) is 5.88 Å². The van der Waals surface area contributed by atoms with E-state index in [1.807, 2.05) is 6.92 Å². The van der Waals surface area contributed by atoms with Gasteiger partial charge in [0, 0.05) is 26.2 Å². The summed E-state index contributed by atoms with van der Waals surface area (Å²) in [5.74, 6) is 2.34. The zero-order valence-corrected chi connectivity index (χ0v) is 14.3. The molecule has 0 aliphatic carbocycles. The summed E-state index contributed by atoms with van der Waals surface area (Å²) < 4.78 is 11.1. The Labute approximate surface area is 133 Å². The fourth-order valence-electron chi connectivity index (χ4n) is 1.84. The summed E-state index contributed by atoms with van der Waals surface area (Å²) in [6.45, 7) is 11.1. The summed E-state index contributed by atoms with van der Waals surface area (Å²) in [5, 5.41) is 3.26. The lowest BCUT2D eigenvalue weighted by atomic mass is 10.2. The first-order chi connectivity index (χ1) is 10.6. The SMILES string of the molecule is CCCc1nc(NCCCOCC)c(N)c(OCC(C)C)n1. The van der Waals surface area contributed by atoms with Gasteiger partial charge < -0.3 is 20.5 Å². The van der Waals surface area contributed by atoms with Gasteiger partial charge in [0.05, 0.1) is 6.61 Å². The van der Waals surface area contributed by atoms with Crippen molar-refractivity contribution < 1.29 is 9.47 Å². The van der Waals surface area contributed by atoms with Crippen molar-refractivity contribution in [1.82, 2.24) is 9.97 Å². The van der Waals surface area contributed by atoms with Crippen molar-refractivity contribution in [3.63, 3.8) is 0 Å². The molecule has 1 heterocycles. The second kappa shape index (κ2) is 10.2. The average molecular weight is 310 g/mol. The van der Waals surface area contributed by atoms with E-state index in [1.165, 1.54) is 0 Å². The number of ether oxygens (including phenoxy) is 2. The predicted octanol–water partition coefficient (Wildman–Crippen LogP) is 2.88. The summed E-state index contributed by atoms with van der Waals surface area (Å²) in [6, 6.07) is 0. The molecule has 3 N–H and O–H groups in total. The minimum atomic E-state index is 0.423. The van der Waals surface area contributed by atoms with Crippen LogP contribution in [-0.2, 0) is 11.2 Å². The van der Waals surface area contributed by atoms with E-state index in [-0.39, 0.29) is 0 Å². The fourth-order valence-corrected chi connectivity index (χ4v) is 1.84. The minimum absolute atomic E-state index is 0.423. The standard InChI is InChI=1S/C16H30N4O2/c1-5-8-13-19-15(18-9-7-10-21-6-2)14(17)16(20-13)22-11-12(3)4/h12H,5-11,17H2,1-4H3,(H,18,19,20). The number of hydrogen-bond donors (Lipinski definition) is 2. The number of nitrogens with one attached hydrogen (secondary N) is 1. The third-order valence-corrected chi connectivity index (χ3v) is 2.95. The molecule has 0 amide bonds. The Morgan fingerprint density at radius 1 is 1.23 bits per heavy atom. The largest absolute Gasteiger partial charge is 0.476 e. The van der Waals surface area contributed by atoms with Gasteiger partial charge in [-0.3, -0.25) is 0 Å². The van der Waals surface area contributed by atoms with Crippen LogP contribution in [0.1, 0.15) is 46.4 Å². The molecule has 0 radical (unpaired) electrons. The molecule has 0 spiro atoms. The normalized spacial score (nSPS) is 11.0. The number of nitrogens with two attached hydrogens (primary N) is 1. The Bertz CT molecular complexity index is 438. The summed E-state index contributed by atoms with van der Waals surface area (Å²) in [4.78, 5) is 8.93. The summed E-state index contributed by atoms with van der Waals surface area (Å²) in [7, 11) is 0. The quantitative estimate of drug-likeness (QED) is 0.612. The van der Waals surface area contributed by atoms with Crippen LogP contribution in [0.2, 0.25) is 0 Å². The Kier molecular flexibility index (Phi) is 8.58. The average Bonchev–Trinajstić information content (AvgIpc) is 2.48. The molecule has 1 aromatic rings. The van der Waals surface area contributed by atoms with E-state index in [1.54, 1.807) is 0 Å². The van der Waals surface area contributed by atoms with Crippen LogP contribution in [0.5, 0.6) is 5.88 Å². The first-order valence-corrected chi connectivity index (χ1v) is 8.19. The van der Waals surface area contributed by atoms with Gasteiger partial charge in [-0.1, -0.05) is 20.8 Å². The van der Waals surface area contributed by atoms with Crippen LogP contribution in [0.3, 0.4) is 0 Å². The highest BCUT2D eigenvalue weighted by molar-refractivity contribution is 5.66. The smallest absolute Gasteiger partial charge is 0.242 e. The van der Waals surface area contributed by atoms with Gasteiger partial charge in [-0.25, -0.2) is 4.98 Å². The molecule has 0 fully saturated rings. The molecular weight excluding hydrogens is 280 g/mol. The van der Waals surface area contributed by atoms with Gasteiger partial charge >= 0.3 is 0 Å². The predicted molar refractivity (Wildman–Crippen MR) is 90.4 cm³/mol. The molecule has 0 saturated heterocycles. The Morgan fingerprint density at radius 3 is 2.64 bits per heavy atom. The first kappa shape index (κ1) is 18.5. The van der Waals surface area contributed by atoms with E-state index in [0.29, 0.717) is 29.9 Å². The van der Waals surface area contributed by atoms with Gasteiger partial charge in [-0.15, -0.1) is 0 Å². The van der Waals surface area contributed by atoms with E-state index in [9.17, 15) is 0 Å². The van der Waals surface area contributed by atoms with Gasteiger partial charge in [-0.05, 0) is 25.7 Å². The number of nitrogen functional groups attached to an aromatic ring is 1. The topological polar surface area (TPSA) is 82.3 Å². The maximum absolute atomic E-state index is 6.13. The molecule has 1 aromatic heterocycles. The van der Waals surface area contributed by atoms with Crippen molar-refractivity contribution >= 4 is 11.5 Å². The van der Waals surface area contributed by atoms with Crippen LogP contribution in [0.15, 0.2) is 0 Å². The van der Waals surface area contributed by atoms with Crippen LogP contribution in [0.25, 0.3) is 0 Å². The van der Waals surface area contributed by atoms with E-state index < -0.39 is 0 Å². The first-order valence-electron chi connectivity index (χ1n) is 8.19. The molecule has 22 heavy (non-hydrogen) atoms. The molecule has 126 valence electrons. The lowest BCUT2D eigenvalue weighted by Gasteiger charge is -2.15. The minimum Gasteiger partial charge on any atom is -0.476 e. The molecule has 0 saturated carbocycles. The van der Waals surface area contributed by atoms with Crippen molar-refractivity contribution in [2.45, 2.75) is 47.0 Å². The molecule has 6 heteroatoms. The summed E-state index contributed by atoms with van der Waals surface area (Å²) in [6.07, 6.45) is 2.70. The molecular formula is C16H30N4O2. The third kappa shape index (κ3) is 6.47. The maximum Gasteiger partial charge on any atom is 0.242 e. The monoisotopic (exact) mass is 310 g/mol. The van der Waals surface area contributed by atoms with Gasteiger partial charge in [0.1, 0.15) is 11.5 Å². The van der Waals surface area contributed by atoms with E-state index >= 15 is 0 Å². The zero-order valence-electron chi connectivity index (χ0n) is 14.3. The van der Waals surface area contributed by atoms with E-state index in [0.717, 1.165) is 44.8 Å².